The summed E-state index contributed by atoms with van der Waals surface area (Å²) in [6, 6.07) is 16.9. The summed E-state index contributed by atoms with van der Waals surface area (Å²) >= 11 is 0. The van der Waals surface area contributed by atoms with E-state index in [2.05, 4.69) is 6.07 Å². The lowest BCUT2D eigenvalue weighted by atomic mass is 10.1. The average Bonchev–Trinajstić information content (AvgIpc) is 2.53. The first-order valence-electron chi connectivity index (χ1n) is 6.74. The minimum Gasteiger partial charge on any atom is -0.494 e. The molecule has 0 atom stereocenters. The predicted molar refractivity (Wildman–Crippen MR) is 80.7 cm³/mol. The molecule has 108 valence electrons. The Balaban J connectivity index is 2.25. The molecule has 4 heteroatoms. The molecule has 0 aliphatic rings. The summed E-state index contributed by atoms with van der Waals surface area (Å²) in [5, 5.41) is 8.79. The van der Waals surface area contributed by atoms with Crippen molar-refractivity contribution in [2.45, 2.75) is 13.0 Å². The molecule has 0 aliphatic carbocycles. The Labute approximate surface area is 124 Å². The minimum atomic E-state index is -0.349. The van der Waals surface area contributed by atoms with E-state index in [0.29, 0.717) is 25.1 Å². The van der Waals surface area contributed by atoms with E-state index in [1.54, 1.807) is 18.2 Å². The van der Waals surface area contributed by atoms with Crippen molar-refractivity contribution in [1.82, 2.24) is 0 Å². The van der Waals surface area contributed by atoms with Gasteiger partial charge in [-0.1, -0.05) is 30.3 Å². The maximum Gasteiger partial charge on any atom is 0.170 e. The fourth-order valence-corrected chi connectivity index (χ4v) is 2.16. The van der Waals surface area contributed by atoms with Gasteiger partial charge in [-0.3, -0.25) is 0 Å². The van der Waals surface area contributed by atoms with Gasteiger partial charge in [-0.15, -0.1) is 0 Å². The van der Waals surface area contributed by atoms with Crippen molar-refractivity contribution in [1.29, 1.82) is 5.26 Å². The van der Waals surface area contributed by atoms with Crippen LogP contribution in [0.4, 0.5) is 10.1 Å². The van der Waals surface area contributed by atoms with E-state index in [1.165, 1.54) is 7.11 Å². The van der Waals surface area contributed by atoms with Crippen molar-refractivity contribution in [2.75, 3.05) is 18.6 Å². The predicted octanol–water partition coefficient (Wildman–Crippen LogP) is 3.75. The molecule has 3 nitrogen and oxygen atoms in total. The number of hydrogen-bond donors (Lipinski definition) is 0. The number of halogens is 1. The van der Waals surface area contributed by atoms with Crippen molar-refractivity contribution in [3.8, 4) is 11.8 Å². The van der Waals surface area contributed by atoms with E-state index in [4.69, 9.17) is 10.00 Å². The van der Waals surface area contributed by atoms with Gasteiger partial charge >= 0.3 is 0 Å². The molecule has 21 heavy (non-hydrogen) atoms. The van der Waals surface area contributed by atoms with Crippen LogP contribution < -0.4 is 9.64 Å². The van der Waals surface area contributed by atoms with Gasteiger partial charge in [0.05, 0.1) is 19.6 Å². The van der Waals surface area contributed by atoms with Crippen LogP contribution in [-0.2, 0) is 6.54 Å². The molecule has 0 radical (unpaired) electrons. The van der Waals surface area contributed by atoms with E-state index < -0.39 is 0 Å². The Morgan fingerprint density at radius 3 is 2.57 bits per heavy atom. The Morgan fingerprint density at radius 1 is 1.14 bits per heavy atom. The summed E-state index contributed by atoms with van der Waals surface area (Å²) in [7, 11) is 1.45. The molecular formula is C17H17FN2O. The molecule has 0 unspecified atom stereocenters. The Hall–Kier alpha value is -2.54. The topological polar surface area (TPSA) is 36.3 Å². The third-order valence-electron chi connectivity index (χ3n) is 3.24. The van der Waals surface area contributed by atoms with Crippen LogP contribution in [0.25, 0.3) is 0 Å². The largest absolute Gasteiger partial charge is 0.494 e. The zero-order valence-corrected chi connectivity index (χ0v) is 11.9. The molecule has 0 fully saturated rings. The molecule has 2 aromatic carbocycles. The van der Waals surface area contributed by atoms with Crippen molar-refractivity contribution >= 4 is 5.69 Å². The molecule has 0 saturated heterocycles. The zero-order valence-electron chi connectivity index (χ0n) is 11.9. The highest BCUT2D eigenvalue weighted by Crippen LogP contribution is 2.23. The number of anilines is 1. The second-order valence-corrected chi connectivity index (χ2v) is 4.60. The summed E-state index contributed by atoms with van der Waals surface area (Å²) in [5.74, 6) is -0.112. The SMILES string of the molecule is COc1cccc(CN(CCC#N)c2ccccc2)c1F. The van der Waals surface area contributed by atoms with Gasteiger partial charge in [0, 0.05) is 24.3 Å². The normalized spacial score (nSPS) is 9.95. The van der Waals surface area contributed by atoms with Crippen LogP contribution >= 0.6 is 0 Å². The van der Waals surface area contributed by atoms with Gasteiger partial charge in [0.2, 0.25) is 0 Å². The van der Waals surface area contributed by atoms with Gasteiger partial charge in [0.25, 0.3) is 0 Å². The third kappa shape index (κ3) is 3.73. The van der Waals surface area contributed by atoms with Crippen LogP contribution in [-0.4, -0.2) is 13.7 Å². The second kappa shape index (κ2) is 7.30. The van der Waals surface area contributed by atoms with Gasteiger partial charge in [-0.05, 0) is 18.2 Å². The van der Waals surface area contributed by atoms with Crippen LogP contribution in [0.1, 0.15) is 12.0 Å². The lowest BCUT2D eigenvalue weighted by Gasteiger charge is -2.24. The first kappa shape index (κ1) is 14.9. The molecule has 0 aromatic heterocycles. The highest BCUT2D eigenvalue weighted by Gasteiger charge is 2.13. The van der Waals surface area contributed by atoms with Crippen molar-refractivity contribution in [3.05, 3.63) is 59.9 Å². The minimum absolute atomic E-state index is 0.237. The van der Waals surface area contributed by atoms with Crippen LogP contribution in [0.2, 0.25) is 0 Å². The number of benzene rings is 2. The highest BCUT2D eigenvalue weighted by atomic mass is 19.1. The maximum atomic E-state index is 14.3. The van der Waals surface area contributed by atoms with Crippen LogP contribution in [0.15, 0.2) is 48.5 Å². The molecule has 0 bridgehead atoms. The lowest BCUT2D eigenvalue weighted by molar-refractivity contribution is 0.384. The van der Waals surface area contributed by atoms with Crippen molar-refractivity contribution < 1.29 is 9.13 Å². The zero-order chi connectivity index (χ0) is 15.1. The van der Waals surface area contributed by atoms with Crippen molar-refractivity contribution in [2.24, 2.45) is 0 Å². The maximum absolute atomic E-state index is 14.3. The molecule has 0 amide bonds. The standard InChI is InChI=1S/C17H17FN2O/c1-21-16-10-5-7-14(17(16)18)13-20(12-6-11-19)15-8-3-2-4-9-15/h2-5,7-10H,6,12-13H2,1H3. The monoisotopic (exact) mass is 284 g/mol. The first-order chi connectivity index (χ1) is 10.3. The average molecular weight is 284 g/mol. The number of nitrogens with zero attached hydrogens (tertiary/aromatic N) is 2. The van der Waals surface area contributed by atoms with Gasteiger partial charge in [-0.2, -0.15) is 5.26 Å². The van der Waals surface area contributed by atoms with E-state index in [-0.39, 0.29) is 11.6 Å². The molecule has 0 spiro atoms. The van der Waals surface area contributed by atoms with E-state index in [1.807, 2.05) is 35.2 Å². The number of para-hydroxylation sites is 1. The fourth-order valence-electron chi connectivity index (χ4n) is 2.16. The Bertz CT molecular complexity index is 622. The number of hydrogen-bond acceptors (Lipinski definition) is 3. The van der Waals surface area contributed by atoms with Crippen LogP contribution in [0, 0.1) is 17.1 Å². The molecular weight excluding hydrogens is 267 g/mol. The second-order valence-electron chi connectivity index (χ2n) is 4.60. The number of ether oxygens (including phenoxy) is 1. The smallest absolute Gasteiger partial charge is 0.170 e. The van der Waals surface area contributed by atoms with Gasteiger partial charge in [-0.25, -0.2) is 4.39 Å². The third-order valence-corrected chi connectivity index (χ3v) is 3.24. The summed E-state index contributed by atoms with van der Waals surface area (Å²) in [6.45, 7) is 0.950. The molecule has 2 rings (SSSR count). The van der Waals surface area contributed by atoms with E-state index in [9.17, 15) is 4.39 Å². The van der Waals surface area contributed by atoms with E-state index >= 15 is 0 Å². The van der Waals surface area contributed by atoms with Gasteiger partial charge < -0.3 is 9.64 Å². The number of methoxy groups -OCH3 is 1. The van der Waals surface area contributed by atoms with Gasteiger partial charge in [0.15, 0.2) is 11.6 Å². The number of nitriles is 1. The summed E-state index contributed by atoms with van der Waals surface area (Å²) in [5.41, 5.74) is 1.52. The quantitative estimate of drug-likeness (QED) is 0.810. The molecule has 0 N–H and O–H groups in total. The van der Waals surface area contributed by atoms with Crippen LogP contribution in [0.5, 0.6) is 5.75 Å². The van der Waals surface area contributed by atoms with E-state index in [0.717, 1.165) is 5.69 Å². The van der Waals surface area contributed by atoms with Crippen LogP contribution in [0.3, 0.4) is 0 Å². The Kier molecular flexibility index (Phi) is 5.16. The summed E-state index contributed by atoms with van der Waals surface area (Å²) in [6.07, 6.45) is 0.389. The molecule has 0 aliphatic heterocycles. The highest BCUT2D eigenvalue weighted by molar-refractivity contribution is 5.47. The number of rotatable bonds is 6. The lowest BCUT2D eigenvalue weighted by Crippen LogP contribution is -2.24. The first-order valence-corrected chi connectivity index (χ1v) is 6.74. The molecule has 0 saturated carbocycles. The van der Waals surface area contributed by atoms with Crippen molar-refractivity contribution in [3.63, 3.8) is 0 Å². The molecule has 0 heterocycles. The fraction of sp³-hybridized carbons (Fsp3) is 0.235. The summed E-state index contributed by atoms with van der Waals surface area (Å²) in [4.78, 5) is 1.99. The Morgan fingerprint density at radius 2 is 1.90 bits per heavy atom. The van der Waals surface area contributed by atoms with Gasteiger partial charge in [0.1, 0.15) is 0 Å². The molecule has 2 aromatic rings. The summed E-state index contributed by atoms with van der Waals surface area (Å²) < 4.78 is 19.3.